The topological polar surface area (TPSA) is 74.2 Å². The molecule has 1 heterocycles. The quantitative estimate of drug-likeness (QED) is 0.689. The van der Waals surface area contributed by atoms with Crippen LogP contribution in [0.4, 0.5) is 0 Å². The molecule has 1 aliphatic heterocycles. The Hall–Kier alpha value is -2.34. The zero-order valence-electron chi connectivity index (χ0n) is 16.5. The summed E-state index contributed by atoms with van der Waals surface area (Å²) >= 11 is 6.59. The molecular weight excluding hydrogens is 382 g/mol. The zero-order valence-corrected chi connectivity index (χ0v) is 17.3. The molecule has 28 heavy (non-hydrogen) atoms. The van der Waals surface area contributed by atoms with E-state index in [1.165, 1.54) is 14.2 Å². The minimum atomic E-state index is -0.717. The first kappa shape index (κ1) is 20.4. The average Bonchev–Trinajstić information content (AvgIpc) is 2.67. The minimum Gasteiger partial charge on any atom is -0.493 e. The van der Waals surface area contributed by atoms with Crippen LogP contribution in [-0.4, -0.2) is 38.3 Å². The Balaban J connectivity index is 2.24. The molecule has 1 aliphatic carbocycles. The molecule has 1 aromatic rings. The second-order valence-electron chi connectivity index (χ2n) is 6.83. The number of Topliss-reactive ketones (excluding diaryl/α,β-unsaturated/α-hetero) is 1. The van der Waals surface area contributed by atoms with Gasteiger partial charge in [0.05, 0.1) is 20.8 Å². The van der Waals surface area contributed by atoms with E-state index in [-0.39, 0.29) is 5.78 Å². The van der Waals surface area contributed by atoms with Crippen LogP contribution < -0.4 is 9.47 Å². The van der Waals surface area contributed by atoms with E-state index in [4.69, 9.17) is 25.8 Å². The standard InChI is InChI=1S/C21H24ClNO5/c1-5-28-17-9-12(13(22)10-16(17)26-3)19-18(21(25)27-4)11(2)23-14-7-6-8-15(24)20(14)19/h9-10,18-19H,5-8H2,1-4H3/t18-,19-/m1/s1. The fourth-order valence-electron chi connectivity index (χ4n) is 3.99. The van der Waals surface area contributed by atoms with Gasteiger partial charge >= 0.3 is 5.97 Å². The highest BCUT2D eigenvalue weighted by molar-refractivity contribution is 6.32. The average molecular weight is 406 g/mol. The Kier molecular flexibility index (Phi) is 6.08. The summed E-state index contributed by atoms with van der Waals surface area (Å²) in [6, 6.07) is 3.42. The number of halogens is 1. The van der Waals surface area contributed by atoms with Gasteiger partial charge < -0.3 is 14.2 Å². The van der Waals surface area contributed by atoms with Crippen molar-refractivity contribution >= 4 is 29.1 Å². The lowest BCUT2D eigenvalue weighted by atomic mass is 9.71. The van der Waals surface area contributed by atoms with Crippen LogP contribution >= 0.6 is 11.6 Å². The first-order chi connectivity index (χ1) is 13.4. The van der Waals surface area contributed by atoms with Crippen LogP contribution in [0, 0.1) is 5.92 Å². The highest BCUT2D eigenvalue weighted by Gasteiger charge is 2.44. The number of allylic oxidation sites excluding steroid dienone is 2. The van der Waals surface area contributed by atoms with Gasteiger partial charge in [0.15, 0.2) is 17.3 Å². The number of ether oxygens (including phenoxy) is 3. The van der Waals surface area contributed by atoms with E-state index in [2.05, 4.69) is 4.99 Å². The van der Waals surface area contributed by atoms with Crippen molar-refractivity contribution in [2.45, 2.75) is 39.0 Å². The van der Waals surface area contributed by atoms with Gasteiger partial charge in [-0.05, 0) is 38.3 Å². The minimum absolute atomic E-state index is 0.00116. The van der Waals surface area contributed by atoms with Gasteiger partial charge in [-0.25, -0.2) is 0 Å². The number of hydrogen-bond donors (Lipinski definition) is 0. The zero-order chi connectivity index (χ0) is 20.4. The summed E-state index contributed by atoms with van der Waals surface area (Å²) in [6.45, 7) is 4.10. The van der Waals surface area contributed by atoms with Crippen molar-refractivity contribution in [3.8, 4) is 11.5 Å². The molecule has 0 unspecified atom stereocenters. The highest BCUT2D eigenvalue weighted by atomic mass is 35.5. The van der Waals surface area contributed by atoms with Crippen molar-refractivity contribution in [3.05, 3.63) is 34.0 Å². The maximum absolute atomic E-state index is 12.8. The van der Waals surface area contributed by atoms with Crippen LogP contribution in [0.1, 0.15) is 44.6 Å². The number of rotatable bonds is 5. The predicted octanol–water partition coefficient (Wildman–Crippen LogP) is 4.10. The number of carbonyl (C=O) groups is 2. The van der Waals surface area contributed by atoms with E-state index in [9.17, 15) is 9.59 Å². The third kappa shape index (κ3) is 3.53. The molecule has 0 N–H and O–H groups in total. The fourth-order valence-corrected chi connectivity index (χ4v) is 4.26. The number of aliphatic imine (C=N–C) groups is 1. The van der Waals surface area contributed by atoms with E-state index < -0.39 is 17.8 Å². The SMILES string of the molecule is CCOc1cc([C@H]2C3=C(CCCC3=O)N=C(C)[C@H]2C(=O)OC)c(Cl)cc1OC. The Morgan fingerprint density at radius 1 is 1.25 bits per heavy atom. The lowest BCUT2D eigenvalue weighted by Gasteiger charge is -2.34. The van der Waals surface area contributed by atoms with Gasteiger partial charge in [-0.15, -0.1) is 0 Å². The number of nitrogens with zero attached hydrogens (tertiary/aromatic N) is 1. The largest absolute Gasteiger partial charge is 0.493 e. The summed E-state index contributed by atoms with van der Waals surface area (Å²) in [6.07, 6.45) is 1.89. The van der Waals surface area contributed by atoms with Gasteiger partial charge in [-0.2, -0.15) is 0 Å². The van der Waals surface area contributed by atoms with Crippen molar-refractivity contribution < 1.29 is 23.8 Å². The van der Waals surface area contributed by atoms with Gasteiger partial charge in [0.2, 0.25) is 0 Å². The van der Waals surface area contributed by atoms with Crippen LogP contribution in [-0.2, 0) is 14.3 Å². The smallest absolute Gasteiger partial charge is 0.315 e. The third-order valence-corrected chi connectivity index (χ3v) is 5.53. The van der Waals surface area contributed by atoms with Crippen molar-refractivity contribution in [3.63, 3.8) is 0 Å². The number of hydrogen-bond acceptors (Lipinski definition) is 6. The molecule has 0 amide bonds. The van der Waals surface area contributed by atoms with Crippen LogP contribution in [0.15, 0.2) is 28.4 Å². The molecule has 0 radical (unpaired) electrons. The molecule has 3 rings (SSSR count). The normalized spacial score (nSPS) is 21.8. The van der Waals surface area contributed by atoms with E-state index in [0.29, 0.717) is 52.8 Å². The van der Waals surface area contributed by atoms with Crippen LogP contribution in [0.2, 0.25) is 5.02 Å². The molecule has 0 spiro atoms. The van der Waals surface area contributed by atoms with Gasteiger partial charge in [0.1, 0.15) is 5.92 Å². The van der Waals surface area contributed by atoms with Crippen molar-refractivity contribution in [2.24, 2.45) is 10.9 Å². The molecule has 0 bridgehead atoms. The first-order valence-electron chi connectivity index (χ1n) is 9.32. The molecule has 0 saturated heterocycles. The lowest BCUT2D eigenvalue weighted by Crippen LogP contribution is -2.37. The number of benzene rings is 1. The van der Waals surface area contributed by atoms with Crippen molar-refractivity contribution in [1.29, 1.82) is 0 Å². The summed E-state index contributed by atoms with van der Waals surface area (Å²) in [4.78, 5) is 30.1. The monoisotopic (exact) mass is 405 g/mol. The lowest BCUT2D eigenvalue weighted by molar-refractivity contribution is -0.143. The first-order valence-corrected chi connectivity index (χ1v) is 9.70. The summed E-state index contributed by atoms with van der Waals surface area (Å²) < 4.78 is 16.1. The van der Waals surface area contributed by atoms with Gasteiger partial charge in [0, 0.05) is 40.4 Å². The van der Waals surface area contributed by atoms with E-state index >= 15 is 0 Å². The molecule has 6 nitrogen and oxygen atoms in total. The summed E-state index contributed by atoms with van der Waals surface area (Å²) in [5.41, 5.74) is 2.55. The molecule has 1 aromatic carbocycles. The molecule has 0 fully saturated rings. The molecular formula is C21H24ClNO5. The fraction of sp³-hybridized carbons (Fsp3) is 0.476. The van der Waals surface area contributed by atoms with Crippen LogP contribution in [0.25, 0.3) is 0 Å². The third-order valence-electron chi connectivity index (χ3n) is 5.21. The van der Waals surface area contributed by atoms with Crippen molar-refractivity contribution in [2.75, 3.05) is 20.8 Å². The van der Waals surface area contributed by atoms with E-state index in [0.717, 1.165) is 12.1 Å². The molecule has 0 saturated carbocycles. The summed E-state index contributed by atoms with van der Waals surface area (Å²) in [5.74, 6) is -0.715. The number of methoxy groups -OCH3 is 2. The Bertz CT molecular complexity index is 874. The van der Waals surface area contributed by atoms with E-state index in [1.807, 2.05) is 6.92 Å². The molecule has 150 valence electrons. The number of esters is 1. The number of ketones is 1. The maximum Gasteiger partial charge on any atom is 0.315 e. The van der Waals surface area contributed by atoms with Crippen molar-refractivity contribution in [1.82, 2.24) is 0 Å². The van der Waals surface area contributed by atoms with Gasteiger partial charge in [-0.1, -0.05) is 11.6 Å². The molecule has 0 aromatic heterocycles. The van der Waals surface area contributed by atoms with Crippen LogP contribution in [0.3, 0.4) is 0 Å². The Morgan fingerprint density at radius 2 is 2.00 bits per heavy atom. The highest BCUT2D eigenvalue weighted by Crippen LogP contribution is 2.47. The van der Waals surface area contributed by atoms with E-state index in [1.54, 1.807) is 19.1 Å². The molecule has 2 atom stereocenters. The summed E-state index contributed by atoms with van der Waals surface area (Å²) in [5, 5.41) is 0.402. The molecule has 7 heteroatoms. The summed E-state index contributed by atoms with van der Waals surface area (Å²) in [7, 11) is 2.87. The van der Waals surface area contributed by atoms with Gasteiger partial charge in [-0.3, -0.25) is 14.6 Å². The Morgan fingerprint density at radius 3 is 2.64 bits per heavy atom. The number of carbonyl (C=O) groups excluding carboxylic acids is 2. The Labute approximate surface area is 169 Å². The van der Waals surface area contributed by atoms with Crippen LogP contribution in [0.5, 0.6) is 11.5 Å². The van der Waals surface area contributed by atoms with Gasteiger partial charge in [0.25, 0.3) is 0 Å². The second kappa shape index (κ2) is 8.35. The maximum atomic E-state index is 12.8. The predicted molar refractivity (Wildman–Crippen MR) is 106 cm³/mol. The second-order valence-corrected chi connectivity index (χ2v) is 7.23. The molecule has 2 aliphatic rings.